The number of piperidine rings is 1. The number of hydrogen-bond acceptors (Lipinski definition) is 6. The lowest BCUT2D eigenvalue weighted by Gasteiger charge is -2.32. The summed E-state index contributed by atoms with van der Waals surface area (Å²) in [4.78, 5) is 0.323. The molecule has 2 aromatic carbocycles. The molecule has 3 aromatic rings. The van der Waals surface area contributed by atoms with Gasteiger partial charge >= 0.3 is 0 Å². The van der Waals surface area contributed by atoms with Gasteiger partial charge < -0.3 is 10.1 Å². The largest absolute Gasteiger partial charge is 0.496 e. The van der Waals surface area contributed by atoms with Gasteiger partial charge in [-0.15, -0.1) is 5.10 Å². The second-order valence-electron chi connectivity index (χ2n) is 6.74. The van der Waals surface area contributed by atoms with E-state index in [1.807, 2.05) is 36.4 Å². The van der Waals surface area contributed by atoms with Crippen molar-refractivity contribution in [2.45, 2.75) is 23.8 Å². The summed E-state index contributed by atoms with van der Waals surface area (Å²) in [5.41, 5.74) is 0. The van der Waals surface area contributed by atoms with Gasteiger partial charge in [-0.05, 0) is 37.1 Å². The highest BCUT2D eigenvalue weighted by molar-refractivity contribution is 7.89. The number of benzene rings is 2. The van der Waals surface area contributed by atoms with Crippen LogP contribution in [0.4, 0.5) is 5.82 Å². The van der Waals surface area contributed by atoms with E-state index in [-0.39, 0.29) is 6.04 Å². The maximum absolute atomic E-state index is 13.3. The monoisotopic (exact) mass is 398 g/mol. The summed E-state index contributed by atoms with van der Waals surface area (Å²) in [5.74, 6) is 1.38. The summed E-state index contributed by atoms with van der Waals surface area (Å²) in [7, 11) is -2.00. The molecule has 4 rings (SSSR count). The van der Waals surface area contributed by atoms with Gasteiger partial charge in [0.05, 0.1) is 12.0 Å². The number of anilines is 1. The van der Waals surface area contributed by atoms with Crippen LogP contribution >= 0.6 is 0 Å². The van der Waals surface area contributed by atoms with Gasteiger partial charge in [0, 0.05) is 36.1 Å². The van der Waals surface area contributed by atoms with E-state index in [0.29, 0.717) is 47.8 Å². The van der Waals surface area contributed by atoms with Crippen LogP contribution in [0.1, 0.15) is 12.8 Å². The average Bonchev–Trinajstić information content (AvgIpc) is 2.74. The normalized spacial score (nSPS) is 16.2. The zero-order valence-electron chi connectivity index (χ0n) is 15.6. The molecule has 1 aromatic heterocycles. The summed E-state index contributed by atoms with van der Waals surface area (Å²) < 4.78 is 33.6. The lowest BCUT2D eigenvalue weighted by molar-refractivity contribution is 0.329. The van der Waals surface area contributed by atoms with E-state index >= 15 is 0 Å². The SMILES string of the molecule is COc1ccc(S(=O)(=O)N2CCC(Nc3cccnn3)CC2)c2ccccc12. The molecule has 28 heavy (non-hydrogen) atoms. The van der Waals surface area contributed by atoms with Crippen molar-refractivity contribution in [1.29, 1.82) is 0 Å². The number of sulfonamides is 1. The molecule has 146 valence electrons. The summed E-state index contributed by atoms with van der Waals surface area (Å²) in [6, 6.07) is 14.7. The maximum Gasteiger partial charge on any atom is 0.243 e. The number of hydrogen-bond donors (Lipinski definition) is 1. The molecule has 8 heteroatoms. The fourth-order valence-corrected chi connectivity index (χ4v) is 5.28. The standard InChI is InChI=1S/C20H22N4O3S/c1-27-18-8-9-19(17-6-3-2-5-16(17)18)28(25,26)24-13-10-15(11-14-24)22-20-7-4-12-21-23-20/h2-9,12,15H,10-11,13-14H2,1H3,(H,22,23). The minimum Gasteiger partial charge on any atom is -0.496 e. The minimum absolute atomic E-state index is 0.177. The van der Waals surface area contributed by atoms with Gasteiger partial charge in [0.2, 0.25) is 10.0 Å². The van der Waals surface area contributed by atoms with Gasteiger partial charge in [0.1, 0.15) is 11.6 Å². The molecule has 1 N–H and O–H groups in total. The van der Waals surface area contributed by atoms with Crippen molar-refractivity contribution in [3.05, 3.63) is 54.7 Å². The zero-order valence-corrected chi connectivity index (χ0v) is 16.4. The van der Waals surface area contributed by atoms with Crippen molar-refractivity contribution in [2.75, 3.05) is 25.5 Å². The van der Waals surface area contributed by atoms with Gasteiger partial charge in [-0.25, -0.2) is 8.42 Å². The molecule has 1 aliphatic rings. The highest BCUT2D eigenvalue weighted by atomic mass is 32.2. The molecule has 0 atom stereocenters. The minimum atomic E-state index is -3.59. The highest BCUT2D eigenvalue weighted by Gasteiger charge is 2.31. The van der Waals surface area contributed by atoms with Crippen LogP contribution in [0, 0.1) is 0 Å². The molecule has 0 bridgehead atoms. The number of rotatable bonds is 5. The maximum atomic E-state index is 13.3. The van der Waals surface area contributed by atoms with Crippen molar-refractivity contribution in [3.8, 4) is 5.75 Å². The fraction of sp³-hybridized carbons (Fsp3) is 0.300. The Bertz CT molecular complexity index is 1070. The van der Waals surface area contributed by atoms with Gasteiger partial charge in [-0.2, -0.15) is 9.40 Å². The predicted octanol–water partition coefficient (Wildman–Crippen LogP) is 2.90. The number of fused-ring (bicyclic) bond motifs is 1. The quantitative estimate of drug-likeness (QED) is 0.711. The third-order valence-electron chi connectivity index (χ3n) is 5.06. The summed E-state index contributed by atoms with van der Waals surface area (Å²) >= 11 is 0. The fourth-order valence-electron chi connectivity index (χ4n) is 3.61. The molecule has 0 spiro atoms. The van der Waals surface area contributed by atoms with Crippen LogP contribution < -0.4 is 10.1 Å². The van der Waals surface area contributed by atoms with Crippen molar-refractivity contribution >= 4 is 26.6 Å². The van der Waals surface area contributed by atoms with Gasteiger partial charge in [-0.1, -0.05) is 24.3 Å². The molecule has 0 aliphatic carbocycles. The van der Waals surface area contributed by atoms with Crippen LogP contribution in [0.3, 0.4) is 0 Å². The number of methoxy groups -OCH3 is 1. The zero-order chi connectivity index (χ0) is 19.6. The molecule has 0 radical (unpaired) electrons. The lowest BCUT2D eigenvalue weighted by atomic mass is 10.1. The number of aromatic nitrogens is 2. The number of ether oxygens (including phenoxy) is 1. The van der Waals surface area contributed by atoms with Crippen molar-refractivity contribution in [1.82, 2.24) is 14.5 Å². The third-order valence-corrected chi connectivity index (χ3v) is 7.02. The Morgan fingerprint density at radius 1 is 1.04 bits per heavy atom. The van der Waals surface area contributed by atoms with Crippen LogP contribution in [0.15, 0.2) is 59.6 Å². The van der Waals surface area contributed by atoms with Crippen LogP contribution in [0.2, 0.25) is 0 Å². The molecule has 0 saturated carbocycles. The van der Waals surface area contributed by atoms with Crippen LogP contribution in [0.25, 0.3) is 10.8 Å². The van der Waals surface area contributed by atoms with Gasteiger partial charge in [0.15, 0.2) is 0 Å². The Labute approximate surface area is 164 Å². The highest BCUT2D eigenvalue weighted by Crippen LogP contribution is 2.33. The van der Waals surface area contributed by atoms with E-state index in [0.717, 1.165) is 5.39 Å². The average molecular weight is 398 g/mol. The van der Waals surface area contributed by atoms with E-state index in [1.54, 1.807) is 29.7 Å². The lowest BCUT2D eigenvalue weighted by Crippen LogP contribution is -2.42. The second-order valence-corrected chi connectivity index (χ2v) is 8.65. The van der Waals surface area contributed by atoms with E-state index < -0.39 is 10.0 Å². The molecule has 1 fully saturated rings. The van der Waals surface area contributed by atoms with E-state index in [1.165, 1.54) is 0 Å². The molecule has 7 nitrogen and oxygen atoms in total. The van der Waals surface area contributed by atoms with E-state index in [9.17, 15) is 8.42 Å². The third kappa shape index (κ3) is 3.53. The van der Waals surface area contributed by atoms with E-state index in [2.05, 4.69) is 15.5 Å². The summed E-state index contributed by atoms with van der Waals surface area (Å²) in [6.07, 6.45) is 3.05. The Hall–Kier alpha value is -2.71. The second kappa shape index (κ2) is 7.73. The predicted molar refractivity (Wildman–Crippen MR) is 108 cm³/mol. The first-order valence-corrected chi connectivity index (χ1v) is 10.6. The first-order valence-electron chi connectivity index (χ1n) is 9.20. The van der Waals surface area contributed by atoms with Crippen molar-refractivity contribution in [3.63, 3.8) is 0 Å². The van der Waals surface area contributed by atoms with Crippen LogP contribution in [-0.4, -0.2) is 49.2 Å². The molecule has 0 unspecified atom stereocenters. The Morgan fingerprint density at radius 2 is 1.79 bits per heavy atom. The smallest absolute Gasteiger partial charge is 0.243 e. The van der Waals surface area contributed by atoms with Gasteiger partial charge in [-0.3, -0.25) is 0 Å². The van der Waals surface area contributed by atoms with Crippen LogP contribution in [0.5, 0.6) is 5.75 Å². The molecule has 0 amide bonds. The number of nitrogens with one attached hydrogen (secondary N) is 1. The Balaban J connectivity index is 1.55. The number of nitrogens with zero attached hydrogens (tertiary/aromatic N) is 3. The topological polar surface area (TPSA) is 84.4 Å². The molecule has 2 heterocycles. The van der Waals surface area contributed by atoms with Crippen molar-refractivity contribution in [2.24, 2.45) is 0 Å². The van der Waals surface area contributed by atoms with Crippen molar-refractivity contribution < 1.29 is 13.2 Å². The molecular weight excluding hydrogens is 376 g/mol. The molecule has 1 aliphatic heterocycles. The summed E-state index contributed by atoms with van der Waals surface area (Å²) in [5, 5.41) is 12.7. The first-order chi connectivity index (χ1) is 13.6. The van der Waals surface area contributed by atoms with E-state index in [4.69, 9.17) is 4.74 Å². The van der Waals surface area contributed by atoms with Gasteiger partial charge in [0.25, 0.3) is 0 Å². The Morgan fingerprint density at radius 3 is 2.46 bits per heavy atom. The molecule has 1 saturated heterocycles. The summed E-state index contributed by atoms with van der Waals surface area (Å²) in [6.45, 7) is 0.918. The first kappa shape index (κ1) is 18.6. The molecular formula is C20H22N4O3S. The Kier molecular flexibility index (Phi) is 5.15. The van der Waals surface area contributed by atoms with Crippen LogP contribution in [-0.2, 0) is 10.0 Å².